The van der Waals surface area contributed by atoms with Crippen LogP contribution in [0, 0.1) is 22.7 Å². The molecule has 1 aromatic rings. The quantitative estimate of drug-likeness (QED) is 0.876. The summed E-state index contributed by atoms with van der Waals surface area (Å²) >= 11 is 0. The molecule has 23 heavy (non-hydrogen) atoms. The topological polar surface area (TPSA) is 75.6 Å². The van der Waals surface area contributed by atoms with E-state index < -0.39 is 17.5 Å². The van der Waals surface area contributed by atoms with Gasteiger partial charge in [0.2, 0.25) is 0 Å². The molecule has 5 rings (SSSR count). The van der Waals surface area contributed by atoms with E-state index in [4.69, 9.17) is 4.74 Å². The van der Waals surface area contributed by atoms with Crippen LogP contribution in [0.4, 0.5) is 4.79 Å². The Hall–Kier alpha value is -2.04. The molecule has 4 saturated carbocycles. The smallest absolute Gasteiger partial charge is 0.407 e. The van der Waals surface area contributed by atoms with Crippen LogP contribution in [0.1, 0.15) is 31.2 Å². The number of alkyl carbamates (subject to hydrolysis) is 1. The summed E-state index contributed by atoms with van der Waals surface area (Å²) < 4.78 is 5.24. The number of benzene rings is 1. The molecule has 4 aliphatic rings. The summed E-state index contributed by atoms with van der Waals surface area (Å²) in [4.78, 5) is 23.8. The van der Waals surface area contributed by atoms with Gasteiger partial charge in [-0.1, -0.05) is 30.3 Å². The third kappa shape index (κ3) is 2.06. The molecule has 2 atom stereocenters. The first kappa shape index (κ1) is 14.5. The van der Waals surface area contributed by atoms with Gasteiger partial charge < -0.3 is 15.2 Å². The molecule has 5 heteroatoms. The van der Waals surface area contributed by atoms with Crippen molar-refractivity contribution in [3.05, 3.63) is 35.9 Å². The van der Waals surface area contributed by atoms with Crippen LogP contribution >= 0.6 is 0 Å². The normalized spacial score (nSPS) is 36.3. The van der Waals surface area contributed by atoms with Gasteiger partial charge in [0.05, 0.1) is 5.41 Å². The number of hydrogen-bond acceptors (Lipinski definition) is 3. The highest BCUT2D eigenvalue weighted by atomic mass is 16.5. The zero-order valence-corrected chi connectivity index (χ0v) is 13.0. The van der Waals surface area contributed by atoms with E-state index in [9.17, 15) is 14.7 Å². The van der Waals surface area contributed by atoms with E-state index >= 15 is 0 Å². The summed E-state index contributed by atoms with van der Waals surface area (Å²) in [6.07, 6.45) is 2.98. The number of hydrogen-bond donors (Lipinski definition) is 2. The van der Waals surface area contributed by atoms with Gasteiger partial charge in [0, 0.05) is 12.0 Å². The Morgan fingerprint density at radius 1 is 1.13 bits per heavy atom. The predicted molar refractivity (Wildman–Crippen MR) is 82.6 cm³/mol. The number of ether oxygens (including phenoxy) is 1. The van der Waals surface area contributed by atoms with Crippen LogP contribution in [0.25, 0.3) is 0 Å². The molecule has 0 aromatic heterocycles. The van der Waals surface area contributed by atoms with Crippen LogP contribution in [-0.2, 0) is 16.1 Å². The van der Waals surface area contributed by atoms with Crippen LogP contribution in [0.2, 0.25) is 0 Å². The van der Waals surface area contributed by atoms with Crippen molar-refractivity contribution >= 4 is 12.1 Å². The Labute approximate surface area is 135 Å². The molecular weight excluding hydrogens is 294 g/mol. The van der Waals surface area contributed by atoms with Crippen LogP contribution < -0.4 is 5.32 Å². The molecule has 0 heterocycles. The molecule has 4 aliphatic carbocycles. The van der Waals surface area contributed by atoms with E-state index in [-0.39, 0.29) is 12.0 Å². The minimum absolute atomic E-state index is 0.231. The summed E-state index contributed by atoms with van der Waals surface area (Å²) in [5, 5.41) is 12.6. The lowest BCUT2D eigenvalue weighted by atomic mass is 9.68. The third-order valence-electron chi connectivity index (χ3n) is 6.40. The average Bonchev–Trinajstić information content (AvgIpc) is 3.24. The molecule has 0 radical (unpaired) electrons. The molecule has 0 aliphatic heterocycles. The zero-order valence-electron chi connectivity index (χ0n) is 13.0. The van der Waals surface area contributed by atoms with Crippen molar-refractivity contribution in [2.75, 3.05) is 6.54 Å². The SMILES string of the molecule is O=C(NCC12CC3CC1(C(=O)O)CC3C2)OCc1ccccc1. The lowest BCUT2D eigenvalue weighted by Crippen LogP contribution is -2.47. The van der Waals surface area contributed by atoms with Crippen molar-refractivity contribution in [2.24, 2.45) is 22.7 Å². The van der Waals surface area contributed by atoms with Gasteiger partial charge in [-0.3, -0.25) is 4.79 Å². The first-order chi connectivity index (χ1) is 11.0. The molecule has 122 valence electrons. The minimum Gasteiger partial charge on any atom is -0.481 e. The second-order valence-corrected chi connectivity index (χ2v) is 7.42. The predicted octanol–water partition coefficient (Wildman–Crippen LogP) is 2.80. The Morgan fingerprint density at radius 2 is 1.78 bits per heavy atom. The number of rotatable bonds is 5. The van der Waals surface area contributed by atoms with Crippen molar-refractivity contribution in [3.8, 4) is 0 Å². The molecule has 4 bridgehead atoms. The highest BCUT2D eigenvalue weighted by molar-refractivity contribution is 5.78. The van der Waals surface area contributed by atoms with E-state index in [1.807, 2.05) is 30.3 Å². The average molecular weight is 315 g/mol. The molecule has 1 aromatic carbocycles. The zero-order chi connectivity index (χ0) is 16.1. The van der Waals surface area contributed by atoms with Crippen molar-refractivity contribution in [1.29, 1.82) is 0 Å². The van der Waals surface area contributed by atoms with Crippen LogP contribution in [0.15, 0.2) is 30.3 Å². The summed E-state index contributed by atoms with van der Waals surface area (Å²) in [5.41, 5.74) is 0.0569. The Kier molecular flexibility index (Phi) is 3.15. The number of aliphatic carboxylic acids is 1. The first-order valence-corrected chi connectivity index (χ1v) is 8.23. The number of carbonyl (C=O) groups is 2. The van der Waals surface area contributed by atoms with Gasteiger partial charge in [0.15, 0.2) is 0 Å². The fourth-order valence-electron chi connectivity index (χ4n) is 5.43. The lowest BCUT2D eigenvalue weighted by Gasteiger charge is -2.37. The molecular formula is C18H21NO4. The van der Waals surface area contributed by atoms with Crippen molar-refractivity contribution in [3.63, 3.8) is 0 Å². The van der Waals surface area contributed by atoms with Crippen LogP contribution in [0.3, 0.4) is 0 Å². The van der Waals surface area contributed by atoms with Gasteiger partial charge in [-0.15, -0.1) is 0 Å². The van der Waals surface area contributed by atoms with Crippen molar-refractivity contribution < 1.29 is 19.4 Å². The molecule has 2 N–H and O–H groups in total. The van der Waals surface area contributed by atoms with E-state index in [0.717, 1.165) is 31.2 Å². The Morgan fingerprint density at radius 3 is 2.39 bits per heavy atom. The highest BCUT2D eigenvalue weighted by Gasteiger charge is 2.74. The second kappa shape index (κ2) is 4.98. The third-order valence-corrected chi connectivity index (χ3v) is 6.40. The van der Waals surface area contributed by atoms with Crippen molar-refractivity contribution in [2.45, 2.75) is 32.3 Å². The molecule has 2 unspecified atom stereocenters. The lowest BCUT2D eigenvalue weighted by molar-refractivity contribution is -0.153. The van der Waals surface area contributed by atoms with E-state index in [1.165, 1.54) is 0 Å². The Balaban J connectivity index is 1.36. The van der Waals surface area contributed by atoms with Crippen molar-refractivity contribution in [1.82, 2.24) is 5.32 Å². The highest BCUT2D eigenvalue weighted by Crippen LogP contribution is 2.76. The monoisotopic (exact) mass is 315 g/mol. The largest absolute Gasteiger partial charge is 0.481 e. The maximum Gasteiger partial charge on any atom is 0.407 e. The standard InChI is InChI=1S/C18H21NO4/c20-15(21)18-8-13-6-17(18,7-14(13)9-18)11-19-16(22)23-10-12-4-2-1-3-5-12/h1-5,13-14H,6-11H2,(H,19,22)(H,20,21). The van der Waals surface area contributed by atoms with E-state index in [0.29, 0.717) is 18.4 Å². The van der Waals surface area contributed by atoms with Crippen LogP contribution in [-0.4, -0.2) is 23.7 Å². The maximum atomic E-state index is 12.0. The molecule has 1 amide bonds. The second-order valence-electron chi connectivity index (χ2n) is 7.42. The van der Waals surface area contributed by atoms with Gasteiger partial charge in [0.25, 0.3) is 0 Å². The van der Waals surface area contributed by atoms with E-state index in [1.54, 1.807) is 0 Å². The van der Waals surface area contributed by atoms with E-state index in [2.05, 4.69) is 5.32 Å². The number of carbonyl (C=O) groups excluding carboxylic acids is 1. The van der Waals surface area contributed by atoms with Crippen LogP contribution in [0.5, 0.6) is 0 Å². The molecule has 0 spiro atoms. The number of carboxylic acid groups (broad SMARTS) is 1. The van der Waals surface area contributed by atoms with Gasteiger partial charge in [-0.25, -0.2) is 4.79 Å². The summed E-state index contributed by atoms with van der Waals surface area (Å²) in [7, 11) is 0. The van der Waals surface area contributed by atoms with Gasteiger partial charge >= 0.3 is 12.1 Å². The van der Waals surface area contributed by atoms with Gasteiger partial charge in [0.1, 0.15) is 6.61 Å². The fraction of sp³-hybridized carbons (Fsp3) is 0.556. The van der Waals surface area contributed by atoms with Gasteiger partial charge in [-0.05, 0) is 43.1 Å². The minimum atomic E-state index is -0.681. The fourth-order valence-corrected chi connectivity index (χ4v) is 5.43. The maximum absolute atomic E-state index is 12.0. The summed E-state index contributed by atoms with van der Waals surface area (Å²) in [5.74, 6) is 0.390. The molecule has 5 nitrogen and oxygen atoms in total. The molecule has 4 fully saturated rings. The Bertz CT molecular complexity index is 628. The summed E-state index contributed by atoms with van der Waals surface area (Å²) in [6.45, 7) is 0.648. The molecule has 0 saturated heterocycles. The first-order valence-electron chi connectivity index (χ1n) is 8.23. The number of amides is 1. The van der Waals surface area contributed by atoms with Gasteiger partial charge in [-0.2, -0.15) is 0 Å². The number of carboxylic acids is 1. The summed E-state index contributed by atoms with van der Waals surface area (Å²) in [6, 6.07) is 9.52. The number of nitrogens with one attached hydrogen (secondary N) is 1.